The lowest BCUT2D eigenvalue weighted by atomic mass is 10.2. The van der Waals surface area contributed by atoms with Gasteiger partial charge < -0.3 is 11.1 Å². The van der Waals surface area contributed by atoms with E-state index in [-0.39, 0.29) is 5.91 Å². The van der Waals surface area contributed by atoms with E-state index in [1.54, 1.807) is 12.2 Å². The van der Waals surface area contributed by atoms with Gasteiger partial charge in [0.05, 0.1) is 0 Å². The SMILES string of the molecule is CCC1CC1NC(=O)/C=C/c1ccc(N)cc1. The third kappa shape index (κ3) is 3.34. The second-order valence-corrected chi connectivity index (χ2v) is 4.52. The van der Waals surface area contributed by atoms with Gasteiger partial charge in [-0.05, 0) is 36.1 Å². The number of hydrogen-bond acceptors (Lipinski definition) is 2. The number of carbonyl (C=O) groups excluding carboxylic acids is 1. The molecule has 2 unspecified atom stereocenters. The largest absolute Gasteiger partial charge is 0.399 e. The van der Waals surface area contributed by atoms with Crippen molar-refractivity contribution < 1.29 is 4.79 Å². The molecule has 1 saturated carbocycles. The molecule has 0 heterocycles. The van der Waals surface area contributed by atoms with Crippen molar-refractivity contribution >= 4 is 17.7 Å². The van der Waals surface area contributed by atoms with Crippen molar-refractivity contribution in [2.45, 2.75) is 25.8 Å². The first-order valence-corrected chi connectivity index (χ1v) is 6.03. The van der Waals surface area contributed by atoms with Crippen LogP contribution in [0.4, 0.5) is 5.69 Å². The summed E-state index contributed by atoms with van der Waals surface area (Å²) in [5.74, 6) is 0.673. The molecule has 0 saturated heterocycles. The predicted molar refractivity (Wildman–Crippen MR) is 70.2 cm³/mol. The van der Waals surface area contributed by atoms with Crippen molar-refractivity contribution in [3.05, 3.63) is 35.9 Å². The topological polar surface area (TPSA) is 55.1 Å². The molecule has 1 amide bonds. The molecular weight excluding hydrogens is 212 g/mol. The minimum Gasteiger partial charge on any atom is -0.399 e. The standard InChI is InChI=1S/C14H18N2O/c1-2-11-9-13(11)16-14(17)8-5-10-3-6-12(15)7-4-10/h3-8,11,13H,2,9,15H2,1H3,(H,16,17)/b8-5+. The van der Waals surface area contributed by atoms with Gasteiger partial charge in [0, 0.05) is 17.8 Å². The van der Waals surface area contributed by atoms with Crippen molar-refractivity contribution in [1.82, 2.24) is 5.32 Å². The van der Waals surface area contributed by atoms with E-state index in [1.165, 1.54) is 0 Å². The van der Waals surface area contributed by atoms with Crippen LogP contribution in [0.5, 0.6) is 0 Å². The second kappa shape index (κ2) is 5.04. The number of nitrogens with two attached hydrogens (primary N) is 1. The zero-order chi connectivity index (χ0) is 12.3. The summed E-state index contributed by atoms with van der Waals surface area (Å²) in [6, 6.07) is 7.83. The van der Waals surface area contributed by atoms with Gasteiger partial charge in [0.15, 0.2) is 0 Å². The Labute approximate surface area is 102 Å². The van der Waals surface area contributed by atoms with Crippen LogP contribution >= 0.6 is 0 Å². The summed E-state index contributed by atoms with van der Waals surface area (Å²) in [4.78, 5) is 11.6. The Hall–Kier alpha value is -1.77. The average Bonchev–Trinajstić information content (AvgIpc) is 3.07. The molecule has 2 rings (SSSR count). The summed E-state index contributed by atoms with van der Waals surface area (Å²) < 4.78 is 0. The van der Waals surface area contributed by atoms with E-state index in [0.29, 0.717) is 12.0 Å². The molecule has 0 aliphatic heterocycles. The normalized spacial score (nSPS) is 22.6. The second-order valence-electron chi connectivity index (χ2n) is 4.52. The number of nitrogens with one attached hydrogen (secondary N) is 1. The Morgan fingerprint density at radius 3 is 2.76 bits per heavy atom. The summed E-state index contributed by atoms with van der Waals surface area (Å²) in [7, 11) is 0. The Morgan fingerprint density at radius 2 is 2.18 bits per heavy atom. The molecular formula is C14H18N2O. The van der Waals surface area contributed by atoms with Gasteiger partial charge in [-0.2, -0.15) is 0 Å². The zero-order valence-corrected chi connectivity index (χ0v) is 10.0. The molecule has 1 aromatic carbocycles. The Morgan fingerprint density at radius 1 is 1.47 bits per heavy atom. The van der Waals surface area contributed by atoms with Crippen LogP contribution in [0.1, 0.15) is 25.3 Å². The van der Waals surface area contributed by atoms with Gasteiger partial charge in [0.1, 0.15) is 0 Å². The molecule has 17 heavy (non-hydrogen) atoms. The van der Waals surface area contributed by atoms with Gasteiger partial charge in [-0.3, -0.25) is 4.79 Å². The molecule has 1 aromatic rings. The Bertz CT molecular complexity index is 422. The zero-order valence-electron chi connectivity index (χ0n) is 10.0. The monoisotopic (exact) mass is 230 g/mol. The van der Waals surface area contributed by atoms with Gasteiger partial charge in [-0.25, -0.2) is 0 Å². The number of amides is 1. The van der Waals surface area contributed by atoms with E-state index in [2.05, 4.69) is 12.2 Å². The maximum absolute atomic E-state index is 11.6. The number of anilines is 1. The molecule has 1 fully saturated rings. The van der Waals surface area contributed by atoms with Gasteiger partial charge in [0.25, 0.3) is 0 Å². The molecule has 3 nitrogen and oxygen atoms in total. The van der Waals surface area contributed by atoms with Gasteiger partial charge >= 0.3 is 0 Å². The van der Waals surface area contributed by atoms with E-state index in [9.17, 15) is 4.79 Å². The molecule has 0 aromatic heterocycles. The molecule has 90 valence electrons. The average molecular weight is 230 g/mol. The third-order valence-electron chi connectivity index (χ3n) is 3.14. The highest BCUT2D eigenvalue weighted by Gasteiger charge is 2.35. The molecule has 0 radical (unpaired) electrons. The van der Waals surface area contributed by atoms with E-state index in [0.717, 1.165) is 24.1 Å². The van der Waals surface area contributed by atoms with Crippen LogP contribution in [0.15, 0.2) is 30.3 Å². The first-order valence-electron chi connectivity index (χ1n) is 6.03. The van der Waals surface area contributed by atoms with E-state index in [1.807, 2.05) is 24.3 Å². The summed E-state index contributed by atoms with van der Waals surface area (Å²) >= 11 is 0. The van der Waals surface area contributed by atoms with Crippen LogP contribution in [0.25, 0.3) is 6.08 Å². The molecule has 2 atom stereocenters. The summed E-state index contributed by atoms with van der Waals surface area (Å²) in [6.45, 7) is 2.15. The summed E-state index contributed by atoms with van der Waals surface area (Å²) in [6.07, 6.45) is 5.65. The van der Waals surface area contributed by atoms with Crippen molar-refractivity contribution in [2.24, 2.45) is 5.92 Å². The molecule has 0 bridgehead atoms. The van der Waals surface area contributed by atoms with E-state index in [4.69, 9.17) is 5.73 Å². The van der Waals surface area contributed by atoms with Crippen LogP contribution in [-0.4, -0.2) is 11.9 Å². The maximum Gasteiger partial charge on any atom is 0.244 e. The highest BCUT2D eigenvalue weighted by Crippen LogP contribution is 2.32. The first kappa shape index (κ1) is 11.7. The lowest BCUT2D eigenvalue weighted by Gasteiger charge is -1.99. The fourth-order valence-corrected chi connectivity index (χ4v) is 1.89. The van der Waals surface area contributed by atoms with Gasteiger partial charge in [0.2, 0.25) is 5.91 Å². The predicted octanol–water partition coefficient (Wildman–Crippen LogP) is 2.20. The third-order valence-corrected chi connectivity index (χ3v) is 3.14. The maximum atomic E-state index is 11.6. The highest BCUT2D eigenvalue weighted by molar-refractivity contribution is 5.92. The quantitative estimate of drug-likeness (QED) is 0.615. The van der Waals surface area contributed by atoms with Crippen molar-refractivity contribution in [3.63, 3.8) is 0 Å². The van der Waals surface area contributed by atoms with Crippen LogP contribution in [0.3, 0.4) is 0 Å². The fraction of sp³-hybridized carbons (Fsp3) is 0.357. The number of nitrogen functional groups attached to an aromatic ring is 1. The van der Waals surface area contributed by atoms with Gasteiger partial charge in [-0.15, -0.1) is 0 Å². The molecule has 3 N–H and O–H groups in total. The number of rotatable bonds is 4. The van der Waals surface area contributed by atoms with Gasteiger partial charge in [-0.1, -0.05) is 25.5 Å². The van der Waals surface area contributed by atoms with Crippen LogP contribution in [-0.2, 0) is 4.79 Å². The minimum absolute atomic E-state index is 0.0113. The summed E-state index contributed by atoms with van der Waals surface area (Å²) in [5, 5.41) is 2.99. The number of hydrogen-bond donors (Lipinski definition) is 2. The van der Waals surface area contributed by atoms with Crippen LogP contribution in [0, 0.1) is 5.92 Å². The lowest BCUT2D eigenvalue weighted by molar-refractivity contribution is -0.116. The van der Waals surface area contributed by atoms with Crippen molar-refractivity contribution in [3.8, 4) is 0 Å². The molecule has 1 aliphatic carbocycles. The Kier molecular flexibility index (Phi) is 3.47. The van der Waals surface area contributed by atoms with Crippen LogP contribution < -0.4 is 11.1 Å². The van der Waals surface area contributed by atoms with Crippen LogP contribution in [0.2, 0.25) is 0 Å². The molecule has 3 heteroatoms. The first-order chi connectivity index (χ1) is 8.19. The molecule has 0 spiro atoms. The highest BCUT2D eigenvalue weighted by atomic mass is 16.1. The molecule has 1 aliphatic rings. The minimum atomic E-state index is -0.0113. The fourth-order valence-electron chi connectivity index (χ4n) is 1.89. The smallest absolute Gasteiger partial charge is 0.244 e. The summed E-state index contributed by atoms with van der Waals surface area (Å²) in [5.41, 5.74) is 7.30. The van der Waals surface area contributed by atoms with E-state index < -0.39 is 0 Å². The lowest BCUT2D eigenvalue weighted by Crippen LogP contribution is -2.24. The number of benzene rings is 1. The van der Waals surface area contributed by atoms with Crippen molar-refractivity contribution in [1.29, 1.82) is 0 Å². The number of carbonyl (C=O) groups is 1. The van der Waals surface area contributed by atoms with E-state index >= 15 is 0 Å². The Balaban J connectivity index is 1.84. The van der Waals surface area contributed by atoms with Crippen molar-refractivity contribution in [2.75, 3.05) is 5.73 Å².